The van der Waals surface area contributed by atoms with Gasteiger partial charge in [0.15, 0.2) is 0 Å². The summed E-state index contributed by atoms with van der Waals surface area (Å²) in [5.41, 5.74) is 17.9. The third-order valence-corrected chi connectivity index (χ3v) is 18.4. The van der Waals surface area contributed by atoms with Gasteiger partial charge in [-0.2, -0.15) is 20.4 Å². The Bertz CT molecular complexity index is 6060. The second-order valence-corrected chi connectivity index (χ2v) is 26.6. The fourth-order valence-corrected chi connectivity index (χ4v) is 12.4. The fourth-order valence-electron chi connectivity index (χ4n) is 12.4. The second-order valence-electron chi connectivity index (χ2n) is 26.6. The number of anilines is 4. The summed E-state index contributed by atoms with van der Waals surface area (Å²) < 4.78 is 45.6. The molecule has 4 amide bonds. The van der Waals surface area contributed by atoms with E-state index in [0.717, 1.165) is 108 Å². The number of aromatic nitrogens is 12. The quantitative estimate of drug-likeness (QED) is 0.0623. The number of benzene rings is 8. The van der Waals surface area contributed by atoms with Crippen molar-refractivity contribution < 1.29 is 37.4 Å². The first-order valence-electron chi connectivity index (χ1n) is 36.6. The van der Waals surface area contributed by atoms with Gasteiger partial charge in [-0.1, -0.05) is 158 Å². The Morgan fingerprint density at radius 1 is 0.316 bits per heavy atom. The predicted molar refractivity (Wildman–Crippen MR) is 454 cm³/mol. The minimum Gasteiger partial charge on any atom is -0.497 e. The van der Waals surface area contributed by atoms with Crippen LogP contribution in [0.1, 0.15) is 60.0 Å². The van der Waals surface area contributed by atoms with Crippen molar-refractivity contribution in [3.8, 4) is 102 Å². The standard InChI is InChI=1S/C24H20F2N4O3.2C23H20N4O.C22H18N4O.CH4/c1-30-20(12-19(29-30)16-11-15(32-2)8-9-21(16)33-3)14-7-10-22(27-13-14)28-24(31)23-17(25)5-4-6-18(23)26;1-16-7-6-10-18(13-16)23(28)25-22-12-11-19(15-24-22)21-14-20(26-27(21)2)17-8-4-3-5-9-17;1-16-8-10-18(11-9-16)23(28)25-22-13-12-19(15-24-22)21-14-20(26-27(21)2)17-6-4-3-5-7-17;1-26-20(14-19(25-26)16-8-4-2-5-9-16)18-12-13-21(23-15-18)24-22(27)17-10-6-3-7-11-17;/h4-13H,1-3H3,(H,27,28,31);2*3-15H,1-2H3,(H,24,25,28);2-15H,1H3,(H,23,24,27);1H4. The van der Waals surface area contributed by atoms with Crippen LogP contribution in [0.2, 0.25) is 0 Å². The van der Waals surface area contributed by atoms with E-state index in [2.05, 4.69) is 61.6 Å². The van der Waals surface area contributed by atoms with Crippen molar-refractivity contribution in [2.75, 3.05) is 35.5 Å². The minimum absolute atomic E-state index is 0. The van der Waals surface area contributed by atoms with E-state index in [9.17, 15) is 28.0 Å². The maximum Gasteiger partial charge on any atom is 0.262 e. The molecule has 0 radical (unpaired) electrons. The lowest BCUT2D eigenvalue weighted by atomic mass is 10.1. The summed E-state index contributed by atoms with van der Waals surface area (Å²) in [4.78, 5) is 66.5. The van der Waals surface area contributed by atoms with Gasteiger partial charge in [-0.3, -0.25) is 37.9 Å². The highest BCUT2D eigenvalue weighted by molar-refractivity contribution is 6.06. The number of hydrogen-bond acceptors (Lipinski definition) is 14. The van der Waals surface area contributed by atoms with Crippen LogP contribution < -0.4 is 30.7 Å². The maximum absolute atomic E-state index is 13.8. The number of hydrogen-bond donors (Lipinski definition) is 4. The van der Waals surface area contributed by atoms with Crippen molar-refractivity contribution in [1.29, 1.82) is 0 Å². The van der Waals surface area contributed by atoms with Crippen LogP contribution in [0.25, 0.3) is 90.1 Å². The smallest absolute Gasteiger partial charge is 0.262 e. The first-order valence-corrected chi connectivity index (χ1v) is 36.6. The lowest BCUT2D eigenvalue weighted by molar-refractivity contribution is 0.101. The molecule has 8 aromatic heterocycles. The number of pyridine rings is 4. The highest BCUT2D eigenvalue weighted by Gasteiger charge is 2.21. The third-order valence-electron chi connectivity index (χ3n) is 18.4. The average molecular weight is 1560 g/mol. The highest BCUT2D eigenvalue weighted by atomic mass is 19.1. The van der Waals surface area contributed by atoms with E-state index in [4.69, 9.17) is 9.47 Å². The summed E-state index contributed by atoms with van der Waals surface area (Å²) in [7, 11) is 10.7. The largest absolute Gasteiger partial charge is 0.497 e. The molecule has 584 valence electrons. The summed E-state index contributed by atoms with van der Waals surface area (Å²) >= 11 is 0. The zero-order valence-electron chi connectivity index (χ0n) is 64.4. The Morgan fingerprint density at radius 2 is 0.658 bits per heavy atom. The maximum atomic E-state index is 13.8. The molecule has 22 nitrogen and oxygen atoms in total. The van der Waals surface area contributed by atoms with Crippen LogP contribution in [0, 0.1) is 25.5 Å². The Kier molecular flexibility index (Phi) is 26.1. The van der Waals surface area contributed by atoms with Gasteiger partial charge >= 0.3 is 0 Å². The van der Waals surface area contributed by atoms with Crippen molar-refractivity contribution in [3.05, 3.63) is 349 Å². The molecule has 0 aliphatic rings. The van der Waals surface area contributed by atoms with Gasteiger partial charge in [0.1, 0.15) is 52.0 Å². The molecule has 0 saturated heterocycles. The molecule has 0 saturated carbocycles. The molecule has 8 heterocycles. The molecule has 16 aromatic rings. The Balaban J connectivity index is 0.000000144. The van der Waals surface area contributed by atoms with Gasteiger partial charge in [-0.25, -0.2) is 28.7 Å². The summed E-state index contributed by atoms with van der Waals surface area (Å²) in [5, 5.41) is 29.2. The summed E-state index contributed by atoms with van der Waals surface area (Å²) in [6.45, 7) is 3.95. The molecular formula is C93H82F2N16O6. The van der Waals surface area contributed by atoms with Gasteiger partial charge in [-0.15, -0.1) is 0 Å². The number of halogens is 2. The van der Waals surface area contributed by atoms with Gasteiger partial charge in [0.25, 0.3) is 23.6 Å². The topological polar surface area (TPSA) is 258 Å². The lowest BCUT2D eigenvalue weighted by Crippen LogP contribution is -2.16. The van der Waals surface area contributed by atoms with Crippen LogP contribution in [0.5, 0.6) is 11.5 Å². The van der Waals surface area contributed by atoms with Gasteiger partial charge in [0, 0.05) is 114 Å². The Labute approximate surface area is 675 Å². The molecular weight excluding hydrogens is 1480 g/mol. The summed E-state index contributed by atoms with van der Waals surface area (Å²) in [6, 6.07) is 85.3. The number of amides is 4. The van der Waals surface area contributed by atoms with Crippen molar-refractivity contribution >= 4 is 46.9 Å². The van der Waals surface area contributed by atoms with E-state index in [0.29, 0.717) is 51.3 Å². The Morgan fingerprint density at radius 3 is 1.03 bits per heavy atom. The second kappa shape index (κ2) is 37.7. The number of carbonyl (C=O) groups is 4. The highest BCUT2D eigenvalue weighted by Crippen LogP contribution is 2.36. The first-order chi connectivity index (χ1) is 56.3. The van der Waals surface area contributed by atoms with E-state index in [1.807, 2.05) is 237 Å². The van der Waals surface area contributed by atoms with Gasteiger partial charge < -0.3 is 30.7 Å². The number of nitrogens with one attached hydrogen (secondary N) is 4. The predicted octanol–water partition coefficient (Wildman–Crippen LogP) is 19.2. The lowest BCUT2D eigenvalue weighted by Gasteiger charge is -2.08. The van der Waals surface area contributed by atoms with Gasteiger partial charge in [0.05, 0.1) is 59.8 Å². The molecule has 0 aliphatic carbocycles. The molecule has 0 bridgehead atoms. The molecule has 0 atom stereocenters. The third kappa shape index (κ3) is 20.3. The van der Waals surface area contributed by atoms with Crippen molar-refractivity contribution in [2.24, 2.45) is 28.2 Å². The zero-order valence-corrected chi connectivity index (χ0v) is 64.4. The molecule has 16 rings (SSSR count). The van der Waals surface area contributed by atoms with Crippen molar-refractivity contribution in [1.82, 2.24) is 59.1 Å². The van der Waals surface area contributed by atoms with E-state index >= 15 is 0 Å². The van der Waals surface area contributed by atoms with Gasteiger partial charge in [0.2, 0.25) is 0 Å². The number of rotatable bonds is 18. The molecule has 8 aromatic carbocycles. The minimum atomic E-state index is -0.945. The van der Waals surface area contributed by atoms with Gasteiger partial charge in [-0.05, 0) is 153 Å². The Hall–Kier alpha value is -15.5. The first kappa shape index (κ1) is 81.0. The van der Waals surface area contributed by atoms with E-state index in [1.165, 1.54) is 12.3 Å². The van der Waals surface area contributed by atoms with Crippen LogP contribution >= 0.6 is 0 Å². The molecule has 0 aliphatic heterocycles. The summed E-state index contributed by atoms with van der Waals surface area (Å²) in [5.74, 6) is -0.312. The molecule has 4 N–H and O–H groups in total. The molecule has 0 spiro atoms. The number of methoxy groups -OCH3 is 2. The molecule has 24 heteroatoms. The monoisotopic (exact) mass is 1560 g/mol. The number of ether oxygens (including phenoxy) is 2. The van der Waals surface area contributed by atoms with Crippen LogP contribution in [0.15, 0.2) is 304 Å². The van der Waals surface area contributed by atoms with E-state index < -0.39 is 23.1 Å². The zero-order chi connectivity index (χ0) is 81.2. The van der Waals surface area contributed by atoms with Crippen molar-refractivity contribution in [2.45, 2.75) is 21.3 Å². The van der Waals surface area contributed by atoms with Crippen LogP contribution in [0.3, 0.4) is 0 Å². The molecule has 0 fully saturated rings. The SMILES string of the molecule is C.COc1ccc(OC)c(-c2cc(-c3ccc(NC(=O)c4c(F)cccc4F)nc3)n(C)n2)c1.Cc1ccc(C(=O)Nc2ccc(-c3cc(-c4ccccc4)nn3C)cn2)cc1.Cc1cccc(C(=O)Nc2ccc(-c3cc(-c4ccccc4)nn3C)cn2)c1.Cn1nc(-c2ccccc2)cc1-c1ccc(NC(=O)c2ccccc2)nc1. The van der Waals surface area contributed by atoms with Crippen LogP contribution in [0.4, 0.5) is 32.1 Å². The number of nitrogens with zero attached hydrogens (tertiary/aromatic N) is 12. The van der Waals surface area contributed by atoms with Crippen LogP contribution in [-0.4, -0.2) is 96.9 Å². The molecule has 117 heavy (non-hydrogen) atoms. The molecule has 0 unspecified atom stereocenters. The fraction of sp³-hybridized carbons (Fsp3) is 0.0968. The summed E-state index contributed by atoms with van der Waals surface area (Å²) in [6.07, 6.45) is 6.78. The van der Waals surface area contributed by atoms with E-state index in [1.54, 1.807) is 117 Å². The number of carbonyl (C=O) groups excluding carboxylic acids is 4. The van der Waals surface area contributed by atoms with Crippen LogP contribution in [-0.2, 0) is 28.2 Å². The van der Waals surface area contributed by atoms with E-state index in [-0.39, 0.29) is 31.0 Å². The average Bonchev–Trinajstić information content (AvgIpc) is 1.70. The number of aryl methyl sites for hydroxylation is 6. The normalized spacial score (nSPS) is 10.5. The van der Waals surface area contributed by atoms with Crippen molar-refractivity contribution in [3.63, 3.8) is 0 Å².